The second-order valence-electron chi connectivity index (χ2n) is 10.3. The number of fused-ring (bicyclic) bond motifs is 1. The third-order valence-electron chi connectivity index (χ3n) is 7.52. The van der Waals surface area contributed by atoms with Crippen LogP contribution in [0.5, 0.6) is 11.5 Å². The largest absolute Gasteiger partial charge is 0.457 e. The molecule has 2 aromatic rings. The molecule has 0 unspecified atom stereocenters. The number of nitrogens with one attached hydrogen (secondary N) is 1. The first-order valence-electron chi connectivity index (χ1n) is 13.3. The van der Waals surface area contributed by atoms with Crippen molar-refractivity contribution in [2.45, 2.75) is 38.6 Å². The molecule has 0 radical (unpaired) electrons. The SMILES string of the molecule is Cc1cc(Oc2ccccc2)ccc1C1=C2C(=CN=CN2N)N(C[C@H]2CCCN2C(=O)C(C#N)=CC2CC2)N1. The summed E-state index contributed by atoms with van der Waals surface area (Å²) in [5.74, 6) is 8.10. The molecule has 3 N–H and O–H groups in total. The summed E-state index contributed by atoms with van der Waals surface area (Å²) in [4.78, 5) is 19.4. The molecule has 2 fully saturated rings. The van der Waals surface area contributed by atoms with Gasteiger partial charge in [0.2, 0.25) is 0 Å². The number of likely N-dealkylation sites (tertiary alicyclic amines) is 1. The van der Waals surface area contributed by atoms with Crippen LogP contribution in [-0.2, 0) is 4.79 Å². The molecular weight excluding hydrogens is 490 g/mol. The van der Waals surface area contributed by atoms with Crippen LogP contribution >= 0.6 is 0 Å². The molecule has 1 saturated heterocycles. The quantitative estimate of drug-likeness (QED) is 0.319. The normalized spacial score (nSPS) is 20.5. The Hall–Kier alpha value is -4.55. The van der Waals surface area contributed by atoms with E-state index in [1.807, 2.05) is 71.4 Å². The lowest BCUT2D eigenvalue weighted by atomic mass is 10.0. The Morgan fingerprint density at radius 2 is 2.03 bits per heavy atom. The summed E-state index contributed by atoms with van der Waals surface area (Å²) in [6.07, 6.45) is 9.10. The smallest absolute Gasteiger partial charge is 0.264 e. The monoisotopic (exact) mass is 521 g/mol. The molecule has 9 heteroatoms. The number of nitrogens with zero attached hydrogens (tertiary/aromatic N) is 5. The van der Waals surface area contributed by atoms with Crippen LogP contribution in [0.15, 0.2) is 82.8 Å². The summed E-state index contributed by atoms with van der Waals surface area (Å²) in [5.41, 5.74) is 8.34. The lowest BCUT2D eigenvalue weighted by Gasteiger charge is -2.31. The number of aryl methyl sites for hydroxylation is 1. The molecule has 198 valence electrons. The van der Waals surface area contributed by atoms with Crippen LogP contribution in [0.25, 0.3) is 5.70 Å². The van der Waals surface area contributed by atoms with E-state index in [9.17, 15) is 10.1 Å². The summed E-state index contributed by atoms with van der Waals surface area (Å²) >= 11 is 0. The highest BCUT2D eigenvalue weighted by molar-refractivity contribution is 5.97. The Bertz CT molecular complexity index is 1450. The van der Waals surface area contributed by atoms with E-state index < -0.39 is 0 Å². The first-order chi connectivity index (χ1) is 19.0. The highest BCUT2D eigenvalue weighted by Gasteiger charge is 2.38. The zero-order valence-electron chi connectivity index (χ0n) is 21.9. The highest BCUT2D eigenvalue weighted by atomic mass is 16.5. The minimum absolute atomic E-state index is 0.0395. The van der Waals surface area contributed by atoms with E-state index in [-0.39, 0.29) is 17.5 Å². The fourth-order valence-electron chi connectivity index (χ4n) is 5.38. The second-order valence-corrected chi connectivity index (χ2v) is 10.3. The van der Waals surface area contributed by atoms with E-state index in [2.05, 4.69) is 16.5 Å². The number of ether oxygens (including phenoxy) is 1. The maximum absolute atomic E-state index is 13.3. The van der Waals surface area contributed by atoms with Crippen LogP contribution in [0.1, 0.15) is 36.8 Å². The molecule has 3 heterocycles. The van der Waals surface area contributed by atoms with Crippen LogP contribution < -0.4 is 16.0 Å². The van der Waals surface area contributed by atoms with Gasteiger partial charge in [0.05, 0.1) is 24.5 Å². The Morgan fingerprint density at radius 3 is 2.77 bits per heavy atom. The minimum atomic E-state index is -0.166. The Labute approximate surface area is 228 Å². The van der Waals surface area contributed by atoms with Crippen LogP contribution in [0.3, 0.4) is 0 Å². The maximum atomic E-state index is 13.3. The van der Waals surface area contributed by atoms with Crippen molar-refractivity contribution >= 4 is 17.9 Å². The average molecular weight is 522 g/mol. The molecule has 1 aliphatic carbocycles. The van der Waals surface area contributed by atoms with Gasteiger partial charge in [-0.15, -0.1) is 0 Å². The van der Waals surface area contributed by atoms with Crippen molar-refractivity contribution < 1.29 is 9.53 Å². The van der Waals surface area contributed by atoms with Gasteiger partial charge < -0.3 is 9.64 Å². The molecular formula is C30H31N7O2. The number of carbonyl (C=O) groups is 1. The van der Waals surface area contributed by atoms with Crippen LogP contribution in [0.4, 0.5) is 0 Å². The van der Waals surface area contributed by atoms with E-state index in [4.69, 9.17) is 10.6 Å². The van der Waals surface area contributed by atoms with Crippen LogP contribution in [-0.4, -0.2) is 46.3 Å². The lowest BCUT2D eigenvalue weighted by Crippen LogP contribution is -2.46. The Kier molecular flexibility index (Phi) is 6.55. The van der Waals surface area contributed by atoms with Gasteiger partial charge in [0.15, 0.2) is 0 Å². The third kappa shape index (κ3) is 4.99. The van der Waals surface area contributed by atoms with Crippen molar-refractivity contribution in [2.75, 3.05) is 13.1 Å². The molecule has 1 amide bonds. The fourth-order valence-corrected chi connectivity index (χ4v) is 5.38. The predicted octanol–water partition coefficient (Wildman–Crippen LogP) is 4.19. The van der Waals surface area contributed by atoms with Crippen molar-refractivity contribution in [2.24, 2.45) is 16.8 Å². The molecule has 1 saturated carbocycles. The van der Waals surface area contributed by atoms with E-state index in [0.29, 0.717) is 19.0 Å². The van der Waals surface area contributed by atoms with Gasteiger partial charge in [-0.2, -0.15) is 5.26 Å². The molecule has 2 aromatic carbocycles. The van der Waals surface area contributed by atoms with E-state index in [1.54, 1.807) is 12.5 Å². The number of carbonyl (C=O) groups excluding carboxylic acids is 1. The van der Waals surface area contributed by atoms with Gasteiger partial charge in [-0.25, -0.2) is 10.8 Å². The van der Waals surface area contributed by atoms with Gasteiger partial charge in [0, 0.05) is 12.1 Å². The van der Waals surface area contributed by atoms with E-state index in [1.165, 1.54) is 5.01 Å². The molecule has 3 aliphatic heterocycles. The summed E-state index contributed by atoms with van der Waals surface area (Å²) in [6, 6.07) is 17.8. The summed E-state index contributed by atoms with van der Waals surface area (Å²) < 4.78 is 6.03. The molecule has 4 aliphatic rings. The number of benzene rings is 2. The topological polar surface area (TPSA) is 110 Å². The van der Waals surface area contributed by atoms with Gasteiger partial charge in [-0.1, -0.05) is 24.3 Å². The summed E-state index contributed by atoms with van der Waals surface area (Å²) in [7, 11) is 0. The molecule has 1 atom stereocenters. The molecule has 0 bridgehead atoms. The fraction of sp³-hybridized carbons (Fsp3) is 0.300. The second kappa shape index (κ2) is 10.3. The van der Waals surface area contributed by atoms with Gasteiger partial charge in [0.25, 0.3) is 5.91 Å². The van der Waals surface area contributed by atoms with Crippen molar-refractivity contribution in [1.29, 1.82) is 5.26 Å². The number of aliphatic imine (C=N–C) groups is 1. The molecule has 39 heavy (non-hydrogen) atoms. The molecule has 9 nitrogen and oxygen atoms in total. The number of hydrogen-bond acceptors (Lipinski definition) is 8. The zero-order valence-corrected chi connectivity index (χ0v) is 21.9. The standard InChI is InChI=1S/C30H31N7O2/c1-20-14-25(39-24-7-3-2-4-8-24)11-12-26(20)28-29-27(17-33-19-36(29)32)37(34-28)18-23-6-5-13-35(23)30(38)22(16-31)15-21-9-10-21/h2-4,7-8,11-12,14-15,17,19,21,23,34H,5-6,9-10,13,18,32H2,1H3/t23-/m1/s1. The van der Waals surface area contributed by atoms with Crippen LogP contribution in [0, 0.1) is 24.2 Å². The average Bonchev–Trinajstić information content (AvgIpc) is 3.52. The predicted molar refractivity (Wildman–Crippen MR) is 148 cm³/mol. The number of amides is 1. The van der Waals surface area contributed by atoms with Crippen molar-refractivity contribution in [3.05, 3.63) is 88.9 Å². The number of allylic oxidation sites excluding steroid dienone is 1. The van der Waals surface area contributed by atoms with Gasteiger partial charge in [0.1, 0.15) is 40.9 Å². The van der Waals surface area contributed by atoms with Gasteiger partial charge >= 0.3 is 0 Å². The first-order valence-corrected chi connectivity index (χ1v) is 13.3. The lowest BCUT2D eigenvalue weighted by molar-refractivity contribution is -0.127. The number of hydrazine groups is 2. The zero-order chi connectivity index (χ0) is 26.9. The van der Waals surface area contributed by atoms with Crippen molar-refractivity contribution in [1.82, 2.24) is 20.3 Å². The first kappa shape index (κ1) is 24.8. The Balaban J connectivity index is 1.23. The third-order valence-corrected chi connectivity index (χ3v) is 7.52. The number of para-hydroxylation sites is 1. The van der Waals surface area contributed by atoms with Gasteiger partial charge in [-0.3, -0.25) is 20.2 Å². The maximum Gasteiger partial charge on any atom is 0.264 e. The summed E-state index contributed by atoms with van der Waals surface area (Å²) in [5, 5.41) is 13.2. The number of nitriles is 1. The minimum Gasteiger partial charge on any atom is -0.457 e. The van der Waals surface area contributed by atoms with E-state index in [0.717, 1.165) is 65.4 Å². The molecule has 0 aromatic heterocycles. The summed E-state index contributed by atoms with van der Waals surface area (Å²) in [6.45, 7) is 3.24. The van der Waals surface area contributed by atoms with Crippen LogP contribution in [0.2, 0.25) is 0 Å². The van der Waals surface area contributed by atoms with E-state index >= 15 is 0 Å². The number of nitrogens with two attached hydrogens (primary N) is 1. The van der Waals surface area contributed by atoms with Crippen molar-refractivity contribution in [3.8, 4) is 17.6 Å². The van der Waals surface area contributed by atoms with Gasteiger partial charge in [-0.05, 0) is 74.4 Å². The molecule has 0 spiro atoms. The Morgan fingerprint density at radius 1 is 1.21 bits per heavy atom. The van der Waals surface area contributed by atoms with Crippen molar-refractivity contribution in [3.63, 3.8) is 0 Å². The number of rotatable bonds is 7. The highest BCUT2D eigenvalue weighted by Crippen LogP contribution is 2.37. The molecule has 6 rings (SSSR count). The number of hydrogen-bond donors (Lipinski definition) is 2.